The molecule has 0 aliphatic rings. The molecule has 1 amide bonds. The van der Waals surface area contributed by atoms with Crippen LogP contribution in [0.3, 0.4) is 0 Å². The lowest BCUT2D eigenvalue weighted by molar-refractivity contribution is -0.128. The zero-order chi connectivity index (χ0) is 15.3. The van der Waals surface area contributed by atoms with E-state index in [1.807, 2.05) is 0 Å². The van der Waals surface area contributed by atoms with E-state index >= 15 is 0 Å². The molecule has 0 fully saturated rings. The number of halogens is 1. The zero-order valence-electron chi connectivity index (χ0n) is 12.8. The molecule has 0 saturated carbocycles. The van der Waals surface area contributed by atoms with Crippen LogP contribution in [-0.2, 0) is 4.79 Å². The summed E-state index contributed by atoms with van der Waals surface area (Å²) in [5.74, 6) is 1.33. The fraction of sp³-hybridized carbons (Fsp3) is 0.562. The SMILES string of the molecule is CC(C)C(NC(=O)[C@H](C)Oc1ccc(Cl)cc1)C(C)C. The van der Waals surface area contributed by atoms with Crippen molar-refractivity contribution in [3.05, 3.63) is 29.3 Å². The van der Waals surface area contributed by atoms with E-state index < -0.39 is 6.10 Å². The third-order valence-corrected chi connectivity index (χ3v) is 3.49. The van der Waals surface area contributed by atoms with E-state index in [2.05, 4.69) is 33.0 Å². The first-order chi connectivity index (χ1) is 9.31. The van der Waals surface area contributed by atoms with Gasteiger partial charge in [-0.25, -0.2) is 0 Å². The Kier molecular flexibility index (Phi) is 6.34. The van der Waals surface area contributed by atoms with Crippen molar-refractivity contribution in [2.75, 3.05) is 0 Å². The molecule has 0 aromatic heterocycles. The van der Waals surface area contributed by atoms with Crippen molar-refractivity contribution in [1.82, 2.24) is 5.32 Å². The van der Waals surface area contributed by atoms with Crippen LogP contribution in [0.25, 0.3) is 0 Å². The second-order valence-corrected chi connectivity index (χ2v) is 6.17. The molecular formula is C16H24ClNO2. The quantitative estimate of drug-likeness (QED) is 0.864. The smallest absolute Gasteiger partial charge is 0.261 e. The Labute approximate surface area is 126 Å². The summed E-state index contributed by atoms with van der Waals surface area (Å²) in [6.45, 7) is 10.2. The number of benzene rings is 1. The lowest BCUT2D eigenvalue weighted by Crippen LogP contribution is -2.47. The molecule has 1 rings (SSSR count). The minimum absolute atomic E-state index is 0.0904. The minimum Gasteiger partial charge on any atom is -0.481 e. The van der Waals surface area contributed by atoms with Crippen LogP contribution < -0.4 is 10.1 Å². The van der Waals surface area contributed by atoms with Gasteiger partial charge in [0.15, 0.2) is 6.10 Å². The van der Waals surface area contributed by atoms with Gasteiger partial charge >= 0.3 is 0 Å². The second-order valence-electron chi connectivity index (χ2n) is 5.74. The number of carbonyl (C=O) groups excluding carboxylic acids is 1. The van der Waals surface area contributed by atoms with Gasteiger partial charge in [-0.15, -0.1) is 0 Å². The van der Waals surface area contributed by atoms with Gasteiger partial charge in [0.25, 0.3) is 5.91 Å². The summed E-state index contributed by atoms with van der Waals surface area (Å²) in [4.78, 5) is 12.2. The van der Waals surface area contributed by atoms with Gasteiger partial charge in [-0.3, -0.25) is 4.79 Å². The van der Waals surface area contributed by atoms with Gasteiger partial charge in [0, 0.05) is 11.1 Å². The monoisotopic (exact) mass is 297 g/mol. The molecule has 3 nitrogen and oxygen atoms in total. The molecule has 1 N–H and O–H groups in total. The minimum atomic E-state index is -0.531. The Morgan fingerprint density at radius 1 is 1.05 bits per heavy atom. The molecule has 0 saturated heterocycles. The summed E-state index contributed by atoms with van der Waals surface area (Å²) in [6.07, 6.45) is -0.531. The first kappa shape index (κ1) is 16.8. The van der Waals surface area contributed by atoms with Gasteiger partial charge in [-0.2, -0.15) is 0 Å². The standard InChI is InChI=1S/C16H24ClNO2/c1-10(2)15(11(3)4)18-16(19)12(5)20-14-8-6-13(17)7-9-14/h6-12,15H,1-5H3,(H,18,19)/t12-/m0/s1. The highest BCUT2D eigenvalue weighted by atomic mass is 35.5. The number of nitrogens with one attached hydrogen (secondary N) is 1. The molecule has 0 aliphatic carbocycles. The predicted octanol–water partition coefficient (Wildman–Crippen LogP) is 3.90. The van der Waals surface area contributed by atoms with Crippen molar-refractivity contribution in [3.63, 3.8) is 0 Å². The van der Waals surface area contributed by atoms with Crippen molar-refractivity contribution in [2.45, 2.75) is 46.8 Å². The summed E-state index contributed by atoms with van der Waals surface area (Å²) in [6, 6.07) is 7.15. The third-order valence-electron chi connectivity index (χ3n) is 3.24. The molecular weight excluding hydrogens is 274 g/mol. The van der Waals surface area contributed by atoms with E-state index in [0.717, 1.165) is 0 Å². The molecule has 1 aromatic carbocycles. The molecule has 1 atom stereocenters. The van der Waals surface area contributed by atoms with E-state index in [0.29, 0.717) is 22.6 Å². The van der Waals surface area contributed by atoms with E-state index in [4.69, 9.17) is 16.3 Å². The maximum absolute atomic E-state index is 12.2. The zero-order valence-corrected chi connectivity index (χ0v) is 13.6. The number of carbonyl (C=O) groups is 1. The van der Waals surface area contributed by atoms with Crippen LogP contribution in [0.2, 0.25) is 5.02 Å². The van der Waals surface area contributed by atoms with Crippen LogP contribution in [0, 0.1) is 11.8 Å². The maximum Gasteiger partial charge on any atom is 0.261 e. The van der Waals surface area contributed by atoms with Gasteiger partial charge in [0.1, 0.15) is 5.75 Å². The summed E-state index contributed by atoms with van der Waals surface area (Å²) in [7, 11) is 0. The first-order valence-corrected chi connectivity index (χ1v) is 7.41. The summed E-state index contributed by atoms with van der Waals surface area (Å²) in [5.41, 5.74) is 0. The second kappa shape index (κ2) is 7.53. The molecule has 0 radical (unpaired) electrons. The van der Waals surface area contributed by atoms with Crippen molar-refractivity contribution in [2.24, 2.45) is 11.8 Å². The molecule has 4 heteroatoms. The van der Waals surface area contributed by atoms with Crippen LogP contribution in [0.1, 0.15) is 34.6 Å². The molecule has 20 heavy (non-hydrogen) atoms. The number of hydrogen-bond donors (Lipinski definition) is 1. The Morgan fingerprint density at radius 3 is 2.00 bits per heavy atom. The Hall–Kier alpha value is -1.22. The van der Waals surface area contributed by atoms with Crippen molar-refractivity contribution < 1.29 is 9.53 Å². The van der Waals surface area contributed by atoms with Gasteiger partial charge < -0.3 is 10.1 Å². The highest BCUT2D eigenvalue weighted by Crippen LogP contribution is 2.17. The van der Waals surface area contributed by atoms with Crippen molar-refractivity contribution in [3.8, 4) is 5.75 Å². The fourth-order valence-electron chi connectivity index (χ4n) is 2.16. The summed E-state index contributed by atoms with van der Waals surface area (Å²) >= 11 is 5.81. The number of hydrogen-bond acceptors (Lipinski definition) is 2. The fourth-order valence-corrected chi connectivity index (χ4v) is 2.28. The van der Waals surface area contributed by atoms with Gasteiger partial charge in [0.2, 0.25) is 0 Å². The average molecular weight is 298 g/mol. The molecule has 0 aliphatic heterocycles. The highest BCUT2D eigenvalue weighted by Gasteiger charge is 2.23. The molecule has 0 spiro atoms. The largest absolute Gasteiger partial charge is 0.481 e. The number of rotatable bonds is 6. The van der Waals surface area contributed by atoms with E-state index in [1.54, 1.807) is 31.2 Å². The lowest BCUT2D eigenvalue weighted by Gasteiger charge is -2.27. The van der Waals surface area contributed by atoms with Crippen LogP contribution in [-0.4, -0.2) is 18.1 Å². The van der Waals surface area contributed by atoms with E-state index in [9.17, 15) is 4.79 Å². The first-order valence-electron chi connectivity index (χ1n) is 7.04. The van der Waals surface area contributed by atoms with E-state index in [-0.39, 0.29) is 11.9 Å². The summed E-state index contributed by atoms with van der Waals surface area (Å²) < 4.78 is 5.62. The molecule has 1 aromatic rings. The van der Waals surface area contributed by atoms with Crippen molar-refractivity contribution >= 4 is 17.5 Å². The van der Waals surface area contributed by atoms with Crippen LogP contribution in [0.5, 0.6) is 5.75 Å². The Morgan fingerprint density at radius 2 is 1.55 bits per heavy atom. The average Bonchev–Trinajstić information content (AvgIpc) is 2.37. The van der Waals surface area contributed by atoms with Gasteiger partial charge in [0.05, 0.1) is 0 Å². The maximum atomic E-state index is 12.2. The Bertz CT molecular complexity index is 421. The van der Waals surface area contributed by atoms with Gasteiger partial charge in [-0.05, 0) is 43.0 Å². The molecule has 112 valence electrons. The van der Waals surface area contributed by atoms with Gasteiger partial charge in [-0.1, -0.05) is 39.3 Å². The lowest BCUT2D eigenvalue weighted by atomic mass is 9.93. The highest BCUT2D eigenvalue weighted by molar-refractivity contribution is 6.30. The summed E-state index contributed by atoms with van der Waals surface area (Å²) in [5, 5.41) is 3.70. The van der Waals surface area contributed by atoms with Crippen LogP contribution >= 0.6 is 11.6 Å². The van der Waals surface area contributed by atoms with Crippen molar-refractivity contribution in [1.29, 1.82) is 0 Å². The molecule has 0 bridgehead atoms. The number of ether oxygens (including phenoxy) is 1. The van der Waals surface area contributed by atoms with Crippen LogP contribution in [0.4, 0.5) is 0 Å². The van der Waals surface area contributed by atoms with Crippen LogP contribution in [0.15, 0.2) is 24.3 Å². The normalized spacial score (nSPS) is 12.8. The third kappa shape index (κ3) is 5.04. The molecule has 0 unspecified atom stereocenters. The molecule has 0 heterocycles. The number of amides is 1. The topological polar surface area (TPSA) is 38.3 Å². The van der Waals surface area contributed by atoms with E-state index in [1.165, 1.54) is 0 Å². The Balaban J connectivity index is 2.60. The predicted molar refractivity (Wildman–Crippen MR) is 83.1 cm³/mol.